The number of benzene rings is 1. The van der Waals surface area contributed by atoms with E-state index in [1.54, 1.807) is 0 Å². The van der Waals surface area contributed by atoms with Gasteiger partial charge in [-0.1, -0.05) is 0 Å². The molecule has 5 heteroatoms. The largest absolute Gasteiger partial charge is 0.496 e. The van der Waals surface area contributed by atoms with Crippen LogP contribution in [0.15, 0.2) is 18.2 Å². The van der Waals surface area contributed by atoms with E-state index in [0.29, 0.717) is 24.3 Å². The second-order valence-corrected chi connectivity index (χ2v) is 3.77. The van der Waals surface area contributed by atoms with Gasteiger partial charge >= 0.3 is 6.18 Å². The van der Waals surface area contributed by atoms with Crippen molar-refractivity contribution in [2.24, 2.45) is 5.73 Å². The number of aryl methyl sites for hydroxylation is 1. The minimum Gasteiger partial charge on any atom is -0.496 e. The van der Waals surface area contributed by atoms with E-state index in [4.69, 9.17) is 10.5 Å². The molecule has 0 aromatic heterocycles. The molecule has 0 spiro atoms. The van der Waals surface area contributed by atoms with Gasteiger partial charge in [-0.15, -0.1) is 0 Å². The second-order valence-electron chi connectivity index (χ2n) is 3.77. The van der Waals surface area contributed by atoms with Gasteiger partial charge in [0.25, 0.3) is 0 Å². The summed E-state index contributed by atoms with van der Waals surface area (Å²) in [7, 11) is 1.45. The summed E-state index contributed by atoms with van der Waals surface area (Å²) in [5.74, 6) is 0.495. The Hall–Kier alpha value is -1.23. The van der Waals surface area contributed by atoms with Crippen LogP contribution < -0.4 is 10.5 Å². The summed E-state index contributed by atoms with van der Waals surface area (Å²) in [6, 6.07) is 3.54. The molecule has 0 atom stereocenters. The van der Waals surface area contributed by atoms with E-state index < -0.39 is 11.7 Å². The average Bonchev–Trinajstić information content (AvgIpc) is 2.28. The average molecular weight is 247 g/mol. The van der Waals surface area contributed by atoms with Gasteiger partial charge in [0, 0.05) is 0 Å². The molecular formula is C12H16F3NO. The van der Waals surface area contributed by atoms with Crippen molar-refractivity contribution in [2.45, 2.75) is 25.4 Å². The Kier molecular flexibility index (Phi) is 4.81. The molecule has 0 aliphatic rings. The summed E-state index contributed by atoms with van der Waals surface area (Å²) in [5.41, 5.74) is 5.29. The lowest BCUT2D eigenvalue weighted by Crippen LogP contribution is -2.06. The van der Waals surface area contributed by atoms with Gasteiger partial charge in [-0.3, -0.25) is 0 Å². The molecule has 0 aliphatic carbocycles. The molecule has 0 radical (unpaired) electrons. The van der Waals surface area contributed by atoms with Crippen molar-refractivity contribution < 1.29 is 17.9 Å². The first kappa shape index (κ1) is 13.8. The van der Waals surface area contributed by atoms with Crippen LogP contribution in [0, 0.1) is 0 Å². The summed E-state index contributed by atoms with van der Waals surface area (Å²) >= 11 is 0. The first-order chi connectivity index (χ1) is 7.99. The first-order valence-electron chi connectivity index (χ1n) is 5.43. The topological polar surface area (TPSA) is 35.2 Å². The van der Waals surface area contributed by atoms with Crippen LogP contribution in [-0.4, -0.2) is 13.7 Å². The molecule has 0 amide bonds. The third-order valence-corrected chi connectivity index (χ3v) is 2.51. The highest BCUT2D eigenvalue weighted by Crippen LogP contribution is 2.33. The fourth-order valence-electron chi connectivity index (χ4n) is 1.61. The minimum absolute atomic E-state index is 0.495. The van der Waals surface area contributed by atoms with E-state index in [0.717, 1.165) is 25.0 Å². The standard InChI is InChI=1S/C12H16F3NO/c1-17-11-6-5-10(12(13,14)15)8-9(11)4-2-3-7-16/h5-6,8H,2-4,7,16H2,1H3. The molecule has 0 saturated heterocycles. The third kappa shape index (κ3) is 3.93. The SMILES string of the molecule is COc1ccc(C(F)(F)F)cc1CCCCN. The monoisotopic (exact) mass is 247 g/mol. The molecule has 0 fully saturated rings. The summed E-state index contributed by atoms with van der Waals surface area (Å²) in [5, 5.41) is 0. The number of halogens is 3. The first-order valence-corrected chi connectivity index (χ1v) is 5.43. The summed E-state index contributed by atoms with van der Waals surface area (Å²) in [6.07, 6.45) is -2.22. The molecule has 0 aliphatic heterocycles. The number of nitrogens with two attached hydrogens (primary N) is 1. The van der Waals surface area contributed by atoms with Crippen LogP contribution in [0.25, 0.3) is 0 Å². The molecule has 1 rings (SSSR count). The molecule has 96 valence electrons. The van der Waals surface area contributed by atoms with Crippen LogP contribution in [0.2, 0.25) is 0 Å². The second kappa shape index (κ2) is 5.91. The third-order valence-electron chi connectivity index (χ3n) is 2.51. The number of hydrogen-bond donors (Lipinski definition) is 1. The predicted molar refractivity (Wildman–Crippen MR) is 60.0 cm³/mol. The normalized spacial score (nSPS) is 11.6. The maximum Gasteiger partial charge on any atom is 0.416 e. The fraction of sp³-hybridized carbons (Fsp3) is 0.500. The zero-order chi connectivity index (χ0) is 12.9. The van der Waals surface area contributed by atoms with Crippen LogP contribution in [-0.2, 0) is 12.6 Å². The quantitative estimate of drug-likeness (QED) is 0.812. The molecular weight excluding hydrogens is 231 g/mol. The van der Waals surface area contributed by atoms with Gasteiger partial charge in [-0.2, -0.15) is 13.2 Å². The highest BCUT2D eigenvalue weighted by atomic mass is 19.4. The Morgan fingerprint density at radius 2 is 1.94 bits per heavy atom. The lowest BCUT2D eigenvalue weighted by atomic mass is 10.0. The van der Waals surface area contributed by atoms with E-state index in [9.17, 15) is 13.2 Å². The maximum atomic E-state index is 12.5. The number of ether oxygens (including phenoxy) is 1. The van der Waals surface area contributed by atoms with Gasteiger partial charge < -0.3 is 10.5 Å². The van der Waals surface area contributed by atoms with E-state index in [1.807, 2.05) is 0 Å². The van der Waals surface area contributed by atoms with E-state index in [-0.39, 0.29) is 0 Å². The molecule has 1 aromatic rings. The summed E-state index contributed by atoms with van der Waals surface area (Å²) in [6.45, 7) is 0.543. The molecule has 0 heterocycles. The lowest BCUT2D eigenvalue weighted by molar-refractivity contribution is -0.137. The molecule has 0 saturated carbocycles. The van der Waals surface area contributed by atoms with E-state index in [1.165, 1.54) is 13.2 Å². The van der Waals surface area contributed by atoms with Crippen molar-refractivity contribution in [3.8, 4) is 5.75 Å². The Bertz CT molecular complexity index is 363. The molecule has 0 bridgehead atoms. The van der Waals surface area contributed by atoms with Crippen LogP contribution in [0.1, 0.15) is 24.0 Å². The highest BCUT2D eigenvalue weighted by molar-refractivity contribution is 5.38. The van der Waals surface area contributed by atoms with Gasteiger partial charge in [0.1, 0.15) is 5.75 Å². The summed E-state index contributed by atoms with van der Waals surface area (Å²) < 4.78 is 42.6. The van der Waals surface area contributed by atoms with E-state index in [2.05, 4.69) is 0 Å². The van der Waals surface area contributed by atoms with Crippen molar-refractivity contribution in [3.63, 3.8) is 0 Å². The van der Waals surface area contributed by atoms with Gasteiger partial charge in [0.15, 0.2) is 0 Å². The molecule has 0 unspecified atom stereocenters. The van der Waals surface area contributed by atoms with Crippen molar-refractivity contribution >= 4 is 0 Å². The van der Waals surface area contributed by atoms with Crippen molar-refractivity contribution in [3.05, 3.63) is 29.3 Å². The Morgan fingerprint density at radius 1 is 1.24 bits per heavy atom. The van der Waals surface area contributed by atoms with Crippen LogP contribution >= 0.6 is 0 Å². The predicted octanol–water partition coefficient (Wildman–Crippen LogP) is 3.00. The lowest BCUT2D eigenvalue weighted by Gasteiger charge is -2.12. The summed E-state index contributed by atoms with van der Waals surface area (Å²) in [4.78, 5) is 0. The van der Waals surface area contributed by atoms with Crippen LogP contribution in [0.4, 0.5) is 13.2 Å². The molecule has 17 heavy (non-hydrogen) atoms. The van der Waals surface area contributed by atoms with Crippen molar-refractivity contribution in [2.75, 3.05) is 13.7 Å². The number of methoxy groups -OCH3 is 1. The Labute approximate surface area is 98.6 Å². The Morgan fingerprint density at radius 3 is 2.47 bits per heavy atom. The highest BCUT2D eigenvalue weighted by Gasteiger charge is 2.30. The molecule has 2 N–H and O–H groups in total. The number of hydrogen-bond acceptors (Lipinski definition) is 2. The Balaban J connectivity index is 2.90. The number of alkyl halides is 3. The maximum absolute atomic E-state index is 12.5. The van der Waals surface area contributed by atoms with Gasteiger partial charge in [0.2, 0.25) is 0 Å². The van der Waals surface area contributed by atoms with Gasteiger partial charge in [-0.05, 0) is 49.6 Å². The van der Waals surface area contributed by atoms with Crippen LogP contribution in [0.5, 0.6) is 5.75 Å². The fourth-order valence-corrected chi connectivity index (χ4v) is 1.61. The number of unbranched alkanes of at least 4 members (excludes halogenated alkanes) is 1. The van der Waals surface area contributed by atoms with Crippen LogP contribution in [0.3, 0.4) is 0 Å². The zero-order valence-corrected chi connectivity index (χ0v) is 9.68. The van der Waals surface area contributed by atoms with Crippen molar-refractivity contribution in [1.29, 1.82) is 0 Å². The molecule has 2 nitrogen and oxygen atoms in total. The van der Waals surface area contributed by atoms with Gasteiger partial charge in [0.05, 0.1) is 12.7 Å². The zero-order valence-electron chi connectivity index (χ0n) is 9.68. The van der Waals surface area contributed by atoms with Crippen molar-refractivity contribution in [1.82, 2.24) is 0 Å². The molecule has 1 aromatic carbocycles. The van der Waals surface area contributed by atoms with Gasteiger partial charge in [-0.25, -0.2) is 0 Å². The smallest absolute Gasteiger partial charge is 0.416 e. The van der Waals surface area contributed by atoms with E-state index >= 15 is 0 Å². The minimum atomic E-state index is -4.31. The number of rotatable bonds is 5.